The third kappa shape index (κ3) is 1.90. The molecule has 5 heteroatoms. The van der Waals surface area contributed by atoms with Crippen LogP contribution in [0.5, 0.6) is 0 Å². The molecule has 1 aromatic heterocycles. The van der Waals surface area contributed by atoms with Gasteiger partial charge in [0.1, 0.15) is 5.82 Å². The van der Waals surface area contributed by atoms with Crippen LogP contribution in [-0.4, -0.2) is 5.78 Å². The molecule has 0 spiro atoms. The molecule has 0 aliphatic rings. The molecule has 0 fully saturated rings. The number of carbonyl (C=O) groups excluding carboxylic acids is 1. The Morgan fingerprint density at radius 3 is 2.69 bits per heavy atom. The van der Waals surface area contributed by atoms with E-state index in [1.54, 1.807) is 6.07 Å². The summed E-state index contributed by atoms with van der Waals surface area (Å²) in [5, 5.41) is -0.0376. The van der Waals surface area contributed by atoms with Crippen molar-refractivity contribution in [2.45, 2.75) is 0 Å². The van der Waals surface area contributed by atoms with Crippen LogP contribution in [0, 0.1) is 5.82 Å². The van der Waals surface area contributed by atoms with E-state index in [1.807, 2.05) is 0 Å². The number of ketones is 1. The summed E-state index contributed by atoms with van der Waals surface area (Å²) in [4.78, 5) is 11.9. The Labute approximate surface area is 104 Å². The van der Waals surface area contributed by atoms with E-state index in [-0.39, 0.29) is 20.8 Å². The highest BCUT2D eigenvalue weighted by molar-refractivity contribution is 9.10. The van der Waals surface area contributed by atoms with Crippen LogP contribution in [0.3, 0.4) is 0 Å². The van der Waals surface area contributed by atoms with Gasteiger partial charge in [-0.15, -0.1) is 0 Å². The molecule has 2 rings (SSSR count). The van der Waals surface area contributed by atoms with Crippen LogP contribution >= 0.6 is 27.5 Å². The van der Waals surface area contributed by atoms with E-state index in [0.29, 0.717) is 0 Å². The second kappa shape index (κ2) is 4.39. The van der Waals surface area contributed by atoms with E-state index in [4.69, 9.17) is 16.0 Å². The molecule has 0 atom stereocenters. The van der Waals surface area contributed by atoms with E-state index in [9.17, 15) is 9.18 Å². The van der Waals surface area contributed by atoms with Crippen LogP contribution < -0.4 is 0 Å². The molecule has 0 aliphatic heterocycles. The summed E-state index contributed by atoms with van der Waals surface area (Å²) < 4.78 is 18.7. The van der Waals surface area contributed by atoms with Gasteiger partial charge in [0.2, 0.25) is 11.0 Å². The smallest absolute Gasteiger partial charge is 0.204 e. The molecule has 16 heavy (non-hydrogen) atoms. The van der Waals surface area contributed by atoms with Crippen LogP contribution in [0.15, 0.2) is 39.4 Å². The third-order valence-electron chi connectivity index (χ3n) is 2.06. The van der Waals surface area contributed by atoms with E-state index in [1.165, 1.54) is 24.5 Å². The highest BCUT2D eigenvalue weighted by Crippen LogP contribution is 2.24. The van der Waals surface area contributed by atoms with Gasteiger partial charge in [0.15, 0.2) is 0 Å². The average molecular weight is 304 g/mol. The first kappa shape index (κ1) is 11.4. The minimum atomic E-state index is -0.607. The molecule has 1 aromatic carbocycles. The maximum atomic E-state index is 13.6. The van der Waals surface area contributed by atoms with Crippen molar-refractivity contribution in [2.24, 2.45) is 0 Å². The Morgan fingerprint density at radius 1 is 1.31 bits per heavy atom. The largest absolute Gasteiger partial charge is 0.452 e. The predicted molar refractivity (Wildman–Crippen MR) is 61.3 cm³/mol. The molecule has 0 amide bonds. The molecular formula is C11H5BrClFO2. The quantitative estimate of drug-likeness (QED) is 0.783. The monoisotopic (exact) mass is 302 g/mol. The molecule has 82 valence electrons. The van der Waals surface area contributed by atoms with Gasteiger partial charge in [-0.2, -0.15) is 0 Å². The SMILES string of the molecule is O=C(c1ccoc1Cl)c1cccc(Br)c1F. The lowest BCUT2D eigenvalue weighted by Gasteiger charge is -2.02. The van der Waals surface area contributed by atoms with Crippen molar-refractivity contribution in [2.75, 3.05) is 0 Å². The van der Waals surface area contributed by atoms with Gasteiger partial charge >= 0.3 is 0 Å². The van der Waals surface area contributed by atoms with Gasteiger partial charge in [0, 0.05) is 0 Å². The van der Waals surface area contributed by atoms with Crippen LogP contribution in [0.2, 0.25) is 5.22 Å². The van der Waals surface area contributed by atoms with E-state index >= 15 is 0 Å². The molecule has 0 bridgehead atoms. The maximum Gasteiger partial charge on any atom is 0.204 e. The summed E-state index contributed by atoms with van der Waals surface area (Å²) in [5.74, 6) is -1.11. The summed E-state index contributed by atoms with van der Waals surface area (Å²) >= 11 is 8.67. The fourth-order valence-electron chi connectivity index (χ4n) is 1.28. The number of carbonyl (C=O) groups is 1. The zero-order valence-electron chi connectivity index (χ0n) is 7.84. The molecule has 0 saturated carbocycles. The Bertz CT molecular complexity index is 551. The number of hydrogen-bond acceptors (Lipinski definition) is 2. The van der Waals surface area contributed by atoms with Gasteiger partial charge in [-0.05, 0) is 45.7 Å². The Kier molecular flexibility index (Phi) is 3.12. The topological polar surface area (TPSA) is 30.2 Å². The second-order valence-electron chi connectivity index (χ2n) is 3.04. The maximum absolute atomic E-state index is 13.6. The van der Waals surface area contributed by atoms with Gasteiger partial charge in [-0.1, -0.05) is 6.07 Å². The lowest BCUT2D eigenvalue weighted by atomic mass is 10.1. The van der Waals surface area contributed by atoms with Gasteiger partial charge in [-0.3, -0.25) is 4.79 Å². The molecule has 2 nitrogen and oxygen atoms in total. The van der Waals surface area contributed by atoms with E-state index in [0.717, 1.165) is 0 Å². The minimum Gasteiger partial charge on any atom is -0.452 e. The lowest BCUT2D eigenvalue weighted by Crippen LogP contribution is -2.03. The van der Waals surface area contributed by atoms with Crippen molar-refractivity contribution in [1.29, 1.82) is 0 Å². The fraction of sp³-hybridized carbons (Fsp3) is 0. The number of furan rings is 1. The summed E-state index contributed by atoms with van der Waals surface area (Å²) in [6.07, 6.45) is 1.28. The van der Waals surface area contributed by atoms with Crippen molar-refractivity contribution >= 4 is 33.3 Å². The van der Waals surface area contributed by atoms with Gasteiger partial charge in [0.05, 0.1) is 21.9 Å². The first-order valence-corrected chi connectivity index (χ1v) is 5.50. The van der Waals surface area contributed by atoms with Crippen molar-refractivity contribution in [3.05, 3.63) is 57.2 Å². The number of hydrogen-bond donors (Lipinski definition) is 0. The van der Waals surface area contributed by atoms with Gasteiger partial charge in [0.25, 0.3) is 0 Å². The fourth-order valence-corrected chi connectivity index (χ4v) is 1.85. The van der Waals surface area contributed by atoms with Crippen LogP contribution in [0.1, 0.15) is 15.9 Å². The molecule has 0 unspecified atom stereocenters. The van der Waals surface area contributed by atoms with Crippen molar-refractivity contribution in [1.82, 2.24) is 0 Å². The predicted octanol–water partition coefficient (Wildman–Crippen LogP) is 4.07. The summed E-state index contributed by atoms with van der Waals surface area (Å²) in [6, 6.07) is 5.90. The van der Waals surface area contributed by atoms with Crippen LogP contribution in [-0.2, 0) is 0 Å². The summed E-state index contributed by atoms with van der Waals surface area (Å²) in [5.41, 5.74) is 0.108. The normalized spacial score (nSPS) is 10.4. The second-order valence-corrected chi connectivity index (χ2v) is 4.24. The summed E-state index contributed by atoms with van der Waals surface area (Å²) in [6.45, 7) is 0. The summed E-state index contributed by atoms with van der Waals surface area (Å²) in [7, 11) is 0. The minimum absolute atomic E-state index is 0.0376. The van der Waals surface area contributed by atoms with E-state index < -0.39 is 11.6 Å². The van der Waals surface area contributed by atoms with Gasteiger partial charge in [-0.25, -0.2) is 4.39 Å². The Hall–Kier alpha value is -1.13. The lowest BCUT2D eigenvalue weighted by molar-refractivity contribution is 0.103. The van der Waals surface area contributed by atoms with Crippen molar-refractivity contribution in [3.63, 3.8) is 0 Å². The highest BCUT2D eigenvalue weighted by atomic mass is 79.9. The van der Waals surface area contributed by atoms with Gasteiger partial charge < -0.3 is 4.42 Å². The first-order valence-electron chi connectivity index (χ1n) is 4.33. The zero-order chi connectivity index (χ0) is 11.7. The standard InChI is InChI=1S/C11H5BrClFO2/c12-8-3-1-2-6(9(8)14)10(15)7-4-5-16-11(7)13/h1-5H. The van der Waals surface area contributed by atoms with Crippen LogP contribution in [0.25, 0.3) is 0 Å². The molecule has 0 radical (unpaired) electrons. The molecule has 0 aliphatic carbocycles. The average Bonchev–Trinajstić information content (AvgIpc) is 2.68. The number of rotatable bonds is 2. The molecule has 2 aromatic rings. The Balaban J connectivity index is 2.50. The van der Waals surface area contributed by atoms with Crippen molar-refractivity contribution in [3.8, 4) is 0 Å². The molecule has 0 N–H and O–H groups in total. The Morgan fingerprint density at radius 2 is 2.06 bits per heavy atom. The highest BCUT2D eigenvalue weighted by Gasteiger charge is 2.19. The van der Waals surface area contributed by atoms with Crippen LogP contribution in [0.4, 0.5) is 4.39 Å². The molecule has 1 heterocycles. The molecule has 0 saturated heterocycles. The molecular weight excluding hydrogens is 298 g/mol. The van der Waals surface area contributed by atoms with Crippen molar-refractivity contribution < 1.29 is 13.6 Å². The number of benzene rings is 1. The third-order valence-corrected chi connectivity index (χ3v) is 2.96. The number of halogens is 3. The first-order chi connectivity index (χ1) is 7.61. The van der Waals surface area contributed by atoms with E-state index in [2.05, 4.69) is 15.9 Å². The zero-order valence-corrected chi connectivity index (χ0v) is 10.2.